The van der Waals surface area contributed by atoms with Gasteiger partial charge in [0.2, 0.25) is 0 Å². The van der Waals surface area contributed by atoms with Crippen molar-refractivity contribution in [1.29, 1.82) is 0 Å². The number of nitrogens with zero attached hydrogens (tertiary/aromatic N) is 2. The van der Waals surface area contributed by atoms with Crippen LogP contribution in [0.1, 0.15) is 47.2 Å². The van der Waals surface area contributed by atoms with Crippen LogP contribution in [0.3, 0.4) is 0 Å². The number of pyridine rings is 1. The molecule has 2 heterocycles. The Hall–Kier alpha value is -2.78. The number of amides is 1. The van der Waals surface area contributed by atoms with Gasteiger partial charge in [-0.15, -0.1) is 11.8 Å². The molecule has 5 nitrogen and oxygen atoms in total. The molecule has 37 heavy (non-hydrogen) atoms. The number of carbonyl (C=O) groups excluding carboxylic acids is 1. The number of hydrogen-bond donors (Lipinski definition) is 2. The lowest BCUT2D eigenvalue weighted by atomic mass is 10.1. The summed E-state index contributed by atoms with van der Waals surface area (Å²) < 4.78 is 38.9. The molecule has 1 aliphatic rings. The summed E-state index contributed by atoms with van der Waals surface area (Å²) in [5.74, 6) is 1.02. The van der Waals surface area contributed by atoms with Crippen molar-refractivity contribution in [3.63, 3.8) is 0 Å². The number of nitrogens with one attached hydrogen (secondary N) is 2. The number of benzene rings is 2. The molecule has 1 aromatic heterocycles. The van der Waals surface area contributed by atoms with Crippen LogP contribution < -0.4 is 10.6 Å². The van der Waals surface area contributed by atoms with Gasteiger partial charge in [-0.05, 0) is 67.5 Å². The van der Waals surface area contributed by atoms with Gasteiger partial charge < -0.3 is 15.5 Å². The summed E-state index contributed by atoms with van der Waals surface area (Å²) in [7, 11) is 0. The van der Waals surface area contributed by atoms with Crippen LogP contribution >= 0.6 is 11.8 Å². The molecule has 9 heteroatoms. The fourth-order valence-electron chi connectivity index (χ4n) is 4.47. The molecule has 0 spiro atoms. The quantitative estimate of drug-likeness (QED) is 0.236. The third-order valence-electron chi connectivity index (χ3n) is 6.55. The van der Waals surface area contributed by atoms with Crippen LogP contribution in [0.2, 0.25) is 0 Å². The number of alkyl halides is 3. The van der Waals surface area contributed by atoms with E-state index in [1.54, 1.807) is 18.0 Å². The Bertz CT molecular complexity index is 1210. The van der Waals surface area contributed by atoms with Gasteiger partial charge in [-0.25, -0.2) is 0 Å². The molecule has 1 saturated heterocycles. The van der Waals surface area contributed by atoms with Gasteiger partial charge in [0.15, 0.2) is 0 Å². The summed E-state index contributed by atoms with van der Waals surface area (Å²) in [5.41, 5.74) is 2.50. The van der Waals surface area contributed by atoms with E-state index in [-0.39, 0.29) is 5.91 Å². The molecule has 0 radical (unpaired) electrons. The number of rotatable bonds is 10. The summed E-state index contributed by atoms with van der Waals surface area (Å²) in [6, 6.07) is 11.6. The molecule has 198 valence electrons. The van der Waals surface area contributed by atoms with Gasteiger partial charge >= 0.3 is 6.18 Å². The number of carbonyl (C=O) groups is 1. The topological polar surface area (TPSA) is 57.3 Å². The first-order valence-corrected chi connectivity index (χ1v) is 13.7. The van der Waals surface area contributed by atoms with E-state index in [0.717, 1.165) is 103 Å². The third kappa shape index (κ3) is 7.38. The number of thioether (sulfide) groups is 1. The predicted molar refractivity (Wildman–Crippen MR) is 144 cm³/mol. The van der Waals surface area contributed by atoms with Crippen LogP contribution in [-0.2, 0) is 6.18 Å². The summed E-state index contributed by atoms with van der Waals surface area (Å²) in [5, 5.41) is 7.49. The first-order chi connectivity index (χ1) is 17.8. The van der Waals surface area contributed by atoms with Gasteiger partial charge in [0, 0.05) is 60.5 Å². The minimum atomic E-state index is -4.36. The van der Waals surface area contributed by atoms with Gasteiger partial charge in [-0.2, -0.15) is 13.2 Å². The van der Waals surface area contributed by atoms with E-state index in [0.29, 0.717) is 5.52 Å². The highest BCUT2D eigenvalue weighted by Crippen LogP contribution is 2.34. The lowest BCUT2D eigenvalue weighted by molar-refractivity contribution is -0.137. The fourth-order valence-corrected chi connectivity index (χ4v) is 5.52. The van der Waals surface area contributed by atoms with Gasteiger partial charge in [-0.3, -0.25) is 9.78 Å². The van der Waals surface area contributed by atoms with E-state index in [1.165, 1.54) is 6.07 Å². The van der Waals surface area contributed by atoms with Crippen molar-refractivity contribution in [3.05, 3.63) is 65.4 Å². The molecule has 0 unspecified atom stereocenters. The number of fused-ring (bicyclic) bond motifs is 1. The number of hydrogen-bond acceptors (Lipinski definition) is 5. The second kappa shape index (κ2) is 12.6. The van der Waals surface area contributed by atoms with Crippen molar-refractivity contribution in [1.82, 2.24) is 15.2 Å². The summed E-state index contributed by atoms with van der Waals surface area (Å²) >= 11 is 1.67. The molecule has 0 atom stereocenters. The monoisotopic (exact) mass is 530 g/mol. The van der Waals surface area contributed by atoms with Crippen LogP contribution in [0, 0.1) is 6.92 Å². The van der Waals surface area contributed by atoms with Crippen LogP contribution in [0.25, 0.3) is 10.9 Å². The molecule has 1 fully saturated rings. The third-order valence-corrected chi connectivity index (χ3v) is 7.71. The second-order valence-corrected chi connectivity index (χ2v) is 10.4. The largest absolute Gasteiger partial charge is 0.416 e. The highest BCUT2D eigenvalue weighted by atomic mass is 32.2. The molecule has 4 rings (SSSR count). The summed E-state index contributed by atoms with van der Waals surface area (Å²) in [6.45, 7) is 6.04. The Labute approximate surface area is 220 Å². The first kappa shape index (κ1) is 27.3. The molecule has 0 saturated carbocycles. The van der Waals surface area contributed by atoms with E-state index in [1.807, 2.05) is 36.1 Å². The molecule has 0 aliphatic carbocycles. The van der Waals surface area contributed by atoms with Gasteiger partial charge in [0.1, 0.15) is 0 Å². The van der Waals surface area contributed by atoms with E-state index in [2.05, 4.69) is 15.6 Å². The second-order valence-electron chi connectivity index (χ2n) is 9.30. The Kier molecular flexibility index (Phi) is 9.32. The molecule has 1 aliphatic heterocycles. The highest BCUT2D eigenvalue weighted by Gasteiger charge is 2.30. The molecular weight excluding hydrogens is 497 g/mol. The first-order valence-electron chi connectivity index (χ1n) is 12.8. The zero-order chi connectivity index (χ0) is 26.3. The lowest BCUT2D eigenvalue weighted by Crippen LogP contribution is -2.46. The van der Waals surface area contributed by atoms with Gasteiger partial charge in [0.05, 0.1) is 11.1 Å². The molecular formula is C28H33F3N4OS. The maximum absolute atomic E-state index is 13.0. The Balaban J connectivity index is 1.15. The smallest absolute Gasteiger partial charge is 0.385 e. The zero-order valence-corrected chi connectivity index (χ0v) is 21.9. The number of anilines is 1. The SMILES string of the molecule is Cc1cc(NCCCCCCSc2ccnc3cc(C(F)(F)F)ccc23)ccc1C(=O)N1CCNCC1. The van der Waals surface area contributed by atoms with Crippen LogP contribution in [-0.4, -0.2) is 54.3 Å². The van der Waals surface area contributed by atoms with Crippen molar-refractivity contribution in [2.45, 2.75) is 43.7 Å². The van der Waals surface area contributed by atoms with Crippen LogP contribution in [0.5, 0.6) is 0 Å². The summed E-state index contributed by atoms with van der Waals surface area (Å²) in [6.07, 6.45) is 1.48. The minimum absolute atomic E-state index is 0.106. The maximum atomic E-state index is 13.0. The van der Waals surface area contributed by atoms with Gasteiger partial charge in [0.25, 0.3) is 5.91 Å². The maximum Gasteiger partial charge on any atom is 0.416 e. The predicted octanol–water partition coefficient (Wildman–Crippen LogP) is 6.37. The normalized spacial score (nSPS) is 14.2. The summed E-state index contributed by atoms with van der Waals surface area (Å²) in [4.78, 5) is 19.7. The van der Waals surface area contributed by atoms with E-state index >= 15 is 0 Å². The van der Waals surface area contributed by atoms with Crippen molar-refractivity contribution in [2.24, 2.45) is 0 Å². The molecule has 2 aromatic carbocycles. The Morgan fingerprint density at radius 3 is 2.59 bits per heavy atom. The number of piperazine rings is 1. The van der Waals surface area contributed by atoms with Crippen molar-refractivity contribution in [2.75, 3.05) is 43.8 Å². The Morgan fingerprint density at radius 1 is 1.05 bits per heavy atom. The molecule has 2 N–H and O–H groups in total. The van der Waals surface area contributed by atoms with Crippen molar-refractivity contribution >= 4 is 34.3 Å². The number of halogens is 3. The lowest BCUT2D eigenvalue weighted by Gasteiger charge is -2.28. The van der Waals surface area contributed by atoms with Crippen molar-refractivity contribution < 1.29 is 18.0 Å². The standard InChI is InChI=1S/C28H33F3N4OS/c1-20-18-22(7-9-23(20)27(36)35-15-13-32-14-16-35)33-11-4-2-3-5-17-37-26-10-12-34-25-19-21(28(29,30)31)6-8-24(25)26/h6-10,12,18-19,32-33H,2-5,11,13-17H2,1H3. The number of aromatic nitrogens is 1. The number of aryl methyl sites for hydroxylation is 1. The average molecular weight is 531 g/mol. The molecule has 1 amide bonds. The van der Waals surface area contributed by atoms with E-state index in [9.17, 15) is 18.0 Å². The Morgan fingerprint density at radius 2 is 1.84 bits per heavy atom. The number of unbranched alkanes of at least 4 members (excludes halogenated alkanes) is 3. The van der Waals surface area contributed by atoms with Crippen LogP contribution in [0.4, 0.5) is 18.9 Å². The molecule has 0 bridgehead atoms. The average Bonchev–Trinajstić information content (AvgIpc) is 2.89. The fraction of sp³-hybridized carbons (Fsp3) is 0.429. The van der Waals surface area contributed by atoms with E-state index < -0.39 is 11.7 Å². The van der Waals surface area contributed by atoms with Crippen LogP contribution in [0.15, 0.2) is 53.6 Å². The highest BCUT2D eigenvalue weighted by molar-refractivity contribution is 7.99. The van der Waals surface area contributed by atoms with Crippen molar-refractivity contribution in [3.8, 4) is 0 Å². The van der Waals surface area contributed by atoms with E-state index in [4.69, 9.17) is 0 Å². The zero-order valence-electron chi connectivity index (χ0n) is 21.0. The van der Waals surface area contributed by atoms with Gasteiger partial charge in [-0.1, -0.05) is 18.9 Å². The minimum Gasteiger partial charge on any atom is -0.385 e. The molecule has 3 aromatic rings.